The molecular formula is C18H19ClN2O2. The van der Waals surface area contributed by atoms with Crippen LogP contribution in [0.3, 0.4) is 0 Å². The SMILES string of the molecule is NC(CNC(=O)c1ccc(Oc2cccc(Cl)c2)cc1)C1CC1. The van der Waals surface area contributed by atoms with Crippen molar-refractivity contribution >= 4 is 17.5 Å². The Morgan fingerprint density at radius 3 is 2.61 bits per heavy atom. The van der Waals surface area contributed by atoms with Crippen LogP contribution in [0, 0.1) is 5.92 Å². The summed E-state index contributed by atoms with van der Waals surface area (Å²) in [6.07, 6.45) is 2.35. The van der Waals surface area contributed by atoms with Crippen LogP contribution >= 0.6 is 11.6 Å². The lowest BCUT2D eigenvalue weighted by molar-refractivity contribution is 0.0950. The molecule has 2 aromatic rings. The first-order valence-electron chi connectivity index (χ1n) is 7.69. The first kappa shape index (κ1) is 15.8. The van der Waals surface area contributed by atoms with Gasteiger partial charge in [0, 0.05) is 23.2 Å². The molecular weight excluding hydrogens is 312 g/mol. The maximum absolute atomic E-state index is 12.1. The van der Waals surface area contributed by atoms with Crippen LogP contribution in [0.1, 0.15) is 23.2 Å². The zero-order valence-electron chi connectivity index (χ0n) is 12.7. The molecule has 23 heavy (non-hydrogen) atoms. The highest BCUT2D eigenvalue weighted by molar-refractivity contribution is 6.30. The number of benzene rings is 2. The molecule has 1 fully saturated rings. The third-order valence-corrected chi connectivity index (χ3v) is 4.11. The minimum Gasteiger partial charge on any atom is -0.457 e. The van der Waals surface area contributed by atoms with Gasteiger partial charge in [0.1, 0.15) is 11.5 Å². The molecule has 3 rings (SSSR count). The number of rotatable bonds is 6. The summed E-state index contributed by atoms with van der Waals surface area (Å²) in [4.78, 5) is 12.1. The molecule has 1 aliphatic carbocycles. The van der Waals surface area contributed by atoms with Gasteiger partial charge in [0.05, 0.1) is 0 Å². The first-order valence-corrected chi connectivity index (χ1v) is 8.07. The van der Waals surface area contributed by atoms with E-state index in [1.807, 2.05) is 12.1 Å². The van der Waals surface area contributed by atoms with Crippen LogP contribution in [0.4, 0.5) is 0 Å². The zero-order valence-corrected chi connectivity index (χ0v) is 13.4. The molecule has 0 aliphatic heterocycles. The van der Waals surface area contributed by atoms with E-state index in [1.165, 1.54) is 12.8 Å². The largest absolute Gasteiger partial charge is 0.457 e. The van der Waals surface area contributed by atoms with Gasteiger partial charge in [-0.25, -0.2) is 0 Å². The summed E-state index contributed by atoms with van der Waals surface area (Å²) >= 11 is 5.92. The number of ether oxygens (including phenoxy) is 1. The number of amides is 1. The quantitative estimate of drug-likeness (QED) is 0.850. The number of nitrogens with one attached hydrogen (secondary N) is 1. The van der Waals surface area contributed by atoms with Crippen molar-refractivity contribution in [2.24, 2.45) is 11.7 Å². The Hall–Kier alpha value is -2.04. The molecule has 2 aromatic carbocycles. The fourth-order valence-corrected chi connectivity index (χ4v) is 2.52. The summed E-state index contributed by atoms with van der Waals surface area (Å²) in [5, 5.41) is 3.49. The Morgan fingerprint density at radius 1 is 1.22 bits per heavy atom. The van der Waals surface area contributed by atoms with Crippen molar-refractivity contribution in [1.82, 2.24) is 5.32 Å². The summed E-state index contributed by atoms with van der Waals surface area (Å²) in [7, 11) is 0. The van der Waals surface area contributed by atoms with Crippen molar-refractivity contribution in [1.29, 1.82) is 0 Å². The molecule has 5 heteroatoms. The summed E-state index contributed by atoms with van der Waals surface area (Å²) < 4.78 is 5.70. The lowest BCUT2D eigenvalue weighted by Crippen LogP contribution is -2.38. The molecule has 0 saturated heterocycles. The van der Waals surface area contributed by atoms with Gasteiger partial charge in [0.2, 0.25) is 0 Å². The molecule has 120 valence electrons. The van der Waals surface area contributed by atoms with Gasteiger partial charge in [-0.05, 0) is 61.2 Å². The maximum atomic E-state index is 12.1. The lowest BCUT2D eigenvalue weighted by atomic mass is 10.1. The van der Waals surface area contributed by atoms with E-state index in [0.29, 0.717) is 34.5 Å². The molecule has 1 amide bonds. The van der Waals surface area contributed by atoms with E-state index in [4.69, 9.17) is 22.1 Å². The minimum absolute atomic E-state index is 0.0596. The van der Waals surface area contributed by atoms with Gasteiger partial charge in [-0.1, -0.05) is 17.7 Å². The number of halogens is 1. The fraction of sp³-hybridized carbons (Fsp3) is 0.278. The van der Waals surface area contributed by atoms with Crippen molar-refractivity contribution < 1.29 is 9.53 Å². The molecule has 1 aliphatic rings. The minimum atomic E-state index is -0.115. The Bertz CT molecular complexity index is 684. The van der Waals surface area contributed by atoms with Gasteiger partial charge >= 0.3 is 0 Å². The molecule has 0 heterocycles. The molecule has 0 aromatic heterocycles. The average molecular weight is 331 g/mol. The van der Waals surface area contributed by atoms with Crippen LogP contribution in [0.2, 0.25) is 5.02 Å². The van der Waals surface area contributed by atoms with Gasteiger partial charge in [0.25, 0.3) is 5.91 Å². The smallest absolute Gasteiger partial charge is 0.251 e. The van der Waals surface area contributed by atoms with Gasteiger partial charge in [-0.15, -0.1) is 0 Å². The molecule has 4 nitrogen and oxygen atoms in total. The Morgan fingerprint density at radius 2 is 1.96 bits per heavy atom. The molecule has 1 atom stereocenters. The fourth-order valence-electron chi connectivity index (χ4n) is 2.34. The number of nitrogens with two attached hydrogens (primary N) is 1. The van der Waals surface area contributed by atoms with E-state index in [1.54, 1.807) is 36.4 Å². The number of carbonyl (C=O) groups excluding carboxylic acids is 1. The van der Waals surface area contributed by atoms with Gasteiger partial charge in [0.15, 0.2) is 0 Å². The van der Waals surface area contributed by atoms with Crippen molar-refractivity contribution in [2.45, 2.75) is 18.9 Å². The summed E-state index contributed by atoms with van der Waals surface area (Å²) in [5.74, 6) is 1.77. The molecule has 3 N–H and O–H groups in total. The Labute approximate surface area is 140 Å². The van der Waals surface area contributed by atoms with Gasteiger partial charge < -0.3 is 15.8 Å². The van der Waals surface area contributed by atoms with Crippen molar-refractivity contribution in [3.8, 4) is 11.5 Å². The summed E-state index contributed by atoms with van der Waals surface area (Å²) in [6.45, 7) is 0.518. The predicted molar refractivity (Wildman–Crippen MR) is 91.0 cm³/mol. The highest BCUT2D eigenvalue weighted by Gasteiger charge is 2.28. The average Bonchev–Trinajstić information content (AvgIpc) is 3.38. The van der Waals surface area contributed by atoms with Gasteiger partial charge in [-0.3, -0.25) is 4.79 Å². The molecule has 0 radical (unpaired) electrons. The first-order chi connectivity index (χ1) is 11.1. The second-order valence-electron chi connectivity index (χ2n) is 5.80. The summed E-state index contributed by atoms with van der Waals surface area (Å²) in [5.41, 5.74) is 6.57. The standard InChI is InChI=1S/C18H19ClN2O2/c19-14-2-1-3-16(10-14)23-15-8-6-13(7-9-15)18(22)21-11-17(20)12-4-5-12/h1-3,6-10,12,17H,4-5,11,20H2,(H,21,22). The van der Waals surface area contributed by atoms with Crippen LogP contribution in [-0.4, -0.2) is 18.5 Å². The molecule has 1 saturated carbocycles. The van der Waals surface area contributed by atoms with Crippen molar-refractivity contribution in [2.75, 3.05) is 6.54 Å². The van der Waals surface area contributed by atoms with E-state index in [9.17, 15) is 4.79 Å². The van der Waals surface area contributed by atoms with Crippen LogP contribution in [0.5, 0.6) is 11.5 Å². The number of carbonyl (C=O) groups is 1. The highest BCUT2D eigenvalue weighted by atomic mass is 35.5. The lowest BCUT2D eigenvalue weighted by Gasteiger charge is -2.12. The molecule has 0 spiro atoms. The second-order valence-corrected chi connectivity index (χ2v) is 6.23. The van der Waals surface area contributed by atoms with E-state index in [0.717, 1.165) is 0 Å². The normalized spacial score (nSPS) is 15.0. The van der Waals surface area contributed by atoms with Gasteiger partial charge in [-0.2, -0.15) is 0 Å². The van der Waals surface area contributed by atoms with E-state index >= 15 is 0 Å². The summed E-state index contributed by atoms with van der Waals surface area (Å²) in [6, 6.07) is 14.2. The van der Waals surface area contributed by atoms with E-state index in [2.05, 4.69) is 5.32 Å². The predicted octanol–water partition coefficient (Wildman–Crippen LogP) is 3.60. The highest BCUT2D eigenvalue weighted by Crippen LogP contribution is 2.31. The topological polar surface area (TPSA) is 64.3 Å². The number of hydrogen-bond donors (Lipinski definition) is 2. The third-order valence-electron chi connectivity index (χ3n) is 3.87. The molecule has 1 unspecified atom stereocenters. The number of hydrogen-bond acceptors (Lipinski definition) is 3. The maximum Gasteiger partial charge on any atom is 0.251 e. The molecule has 0 bridgehead atoms. The third kappa shape index (κ3) is 4.47. The van der Waals surface area contributed by atoms with Crippen LogP contribution in [0.15, 0.2) is 48.5 Å². The van der Waals surface area contributed by atoms with Crippen molar-refractivity contribution in [3.63, 3.8) is 0 Å². The van der Waals surface area contributed by atoms with Crippen LogP contribution in [-0.2, 0) is 0 Å². The van der Waals surface area contributed by atoms with E-state index in [-0.39, 0.29) is 11.9 Å². The monoisotopic (exact) mass is 330 g/mol. The van der Waals surface area contributed by atoms with E-state index < -0.39 is 0 Å². The second kappa shape index (κ2) is 7.02. The zero-order chi connectivity index (χ0) is 16.2. The Kier molecular flexibility index (Phi) is 4.84. The van der Waals surface area contributed by atoms with Crippen LogP contribution < -0.4 is 15.8 Å². The van der Waals surface area contributed by atoms with Crippen LogP contribution in [0.25, 0.3) is 0 Å². The Balaban J connectivity index is 1.56. The van der Waals surface area contributed by atoms with Crippen molar-refractivity contribution in [3.05, 3.63) is 59.1 Å².